The summed E-state index contributed by atoms with van der Waals surface area (Å²) >= 11 is 1.64. The maximum atomic E-state index is 4.65. The van der Waals surface area contributed by atoms with Crippen LogP contribution in [0.25, 0.3) is 22.1 Å². The van der Waals surface area contributed by atoms with Gasteiger partial charge in [-0.15, -0.1) is 0 Å². The first kappa shape index (κ1) is 11.5. The molecule has 5 heteroatoms. The highest BCUT2D eigenvalue weighted by Crippen LogP contribution is 2.28. The predicted octanol–water partition coefficient (Wildman–Crippen LogP) is 2.86. The first-order valence-corrected chi connectivity index (χ1v) is 6.97. The fraction of sp³-hybridized carbons (Fsp3) is 0.308. The number of nitrogens with zero attached hydrogens (tertiary/aromatic N) is 4. The van der Waals surface area contributed by atoms with Gasteiger partial charge in [0, 0.05) is 13.2 Å². The third kappa shape index (κ3) is 1.50. The Morgan fingerprint density at radius 1 is 1.11 bits per heavy atom. The van der Waals surface area contributed by atoms with E-state index in [0.29, 0.717) is 0 Å². The number of aryl methyl sites for hydroxylation is 3. The second-order valence-electron chi connectivity index (χ2n) is 4.43. The molecule has 0 unspecified atom stereocenters. The van der Waals surface area contributed by atoms with Crippen LogP contribution < -0.4 is 0 Å². The molecule has 92 valence electrons. The van der Waals surface area contributed by atoms with E-state index < -0.39 is 0 Å². The minimum atomic E-state index is 0.895. The summed E-state index contributed by atoms with van der Waals surface area (Å²) in [6, 6.07) is 2.14. The molecule has 0 amide bonds. The zero-order valence-corrected chi connectivity index (χ0v) is 11.7. The quantitative estimate of drug-likeness (QED) is 0.629. The molecule has 0 saturated heterocycles. The maximum absolute atomic E-state index is 4.65. The molecule has 2 aromatic heterocycles. The van der Waals surface area contributed by atoms with Crippen molar-refractivity contribution in [2.24, 2.45) is 7.05 Å². The van der Waals surface area contributed by atoms with Crippen LogP contribution in [-0.4, -0.2) is 25.8 Å². The highest BCUT2D eigenvalue weighted by Gasteiger charge is 2.13. The number of fused-ring (bicyclic) bond motifs is 3. The molecule has 0 aliphatic rings. The van der Waals surface area contributed by atoms with Gasteiger partial charge in [0.05, 0.1) is 16.7 Å². The van der Waals surface area contributed by atoms with Gasteiger partial charge in [-0.3, -0.25) is 4.98 Å². The number of aromatic nitrogens is 4. The predicted molar refractivity (Wildman–Crippen MR) is 75.1 cm³/mol. The van der Waals surface area contributed by atoms with E-state index in [9.17, 15) is 0 Å². The van der Waals surface area contributed by atoms with Gasteiger partial charge in [-0.2, -0.15) is 0 Å². The number of imidazole rings is 1. The fourth-order valence-electron chi connectivity index (χ4n) is 2.21. The SMILES string of the molecule is CSc1nc2c3ncc(C)nc3c(C)cc2n1C. The third-order valence-corrected chi connectivity index (χ3v) is 3.86. The summed E-state index contributed by atoms with van der Waals surface area (Å²) < 4.78 is 2.11. The molecule has 0 aliphatic carbocycles. The average Bonchev–Trinajstić information content (AvgIpc) is 2.67. The first-order chi connectivity index (χ1) is 8.61. The third-order valence-electron chi connectivity index (χ3n) is 3.12. The van der Waals surface area contributed by atoms with Crippen LogP contribution in [-0.2, 0) is 7.05 Å². The normalized spacial score (nSPS) is 11.6. The van der Waals surface area contributed by atoms with Crippen molar-refractivity contribution >= 4 is 33.8 Å². The Hall–Kier alpha value is -1.62. The van der Waals surface area contributed by atoms with Crippen LogP contribution in [0, 0.1) is 13.8 Å². The molecule has 3 aromatic rings. The molecule has 4 nitrogen and oxygen atoms in total. The maximum Gasteiger partial charge on any atom is 0.168 e. The number of benzene rings is 1. The Labute approximate surface area is 109 Å². The van der Waals surface area contributed by atoms with E-state index in [2.05, 4.69) is 32.5 Å². The highest BCUT2D eigenvalue weighted by atomic mass is 32.2. The Morgan fingerprint density at radius 3 is 2.61 bits per heavy atom. The molecule has 0 atom stereocenters. The number of thioether (sulfide) groups is 1. The zero-order valence-electron chi connectivity index (χ0n) is 10.9. The van der Waals surface area contributed by atoms with Crippen LogP contribution in [0.4, 0.5) is 0 Å². The molecule has 2 heterocycles. The van der Waals surface area contributed by atoms with Gasteiger partial charge in [0.1, 0.15) is 11.0 Å². The molecular weight excluding hydrogens is 244 g/mol. The van der Waals surface area contributed by atoms with Gasteiger partial charge in [0.25, 0.3) is 0 Å². The van der Waals surface area contributed by atoms with Crippen LogP contribution in [0.1, 0.15) is 11.3 Å². The fourth-order valence-corrected chi connectivity index (χ4v) is 2.77. The van der Waals surface area contributed by atoms with E-state index in [4.69, 9.17) is 0 Å². The van der Waals surface area contributed by atoms with Crippen molar-refractivity contribution in [2.75, 3.05) is 6.26 Å². The van der Waals surface area contributed by atoms with Gasteiger partial charge in [-0.05, 0) is 31.7 Å². The van der Waals surface area contributed by atoms with E-state index in [1.165, 1.54) is 0 Å². The van der Waals surface area contributed by atoms with Crippen LogP contribution in [0.15, 0.2) is 17.4 Å². The topological polar surface area (TPSA) is 43.6 Å². The van der Waals surface area contributed by atoms with E-state index in [1.54, 1.807) is 18.0 Å². The molecule has 0 spiro atoms. The largest absolute Gasteiger partial charge is 0.322 e. The second kappa shape index (κ2) is 3.95. The van der Waals surface area contributed by atoms with E-state index in [0.717, 1.165) is 38.5 Å². The minimum Gasteiger partial charge on any atom is -0.322 e. The Bertz CT molecular complexity index is 761. The molecular formula is C13H14N4S. The Kier molecular flexibility index (Phi) is 2.52. The molecule has 0 fully saturated rings. The van der Waals surface area contributed by atoms with Gasteiger partial charge in [-0.1, -0.05) is 11.8 Å². The van der Waals surface area contributed by atoms with Crippen molar-refractivity contribution in [3.8, 4) is 0 Å². The van der Waals surface area contributed by atoms with E-state index in [-0.39, 0.29) is 0 Å². The van der Waals surface area contributed by atoms with Gasteiger partial charge in [0.15, 0.2) is 5.16 Å². The standard InChI is InChI=1S/C13H14N4S/c1-7-5-9-11(16-13(18-4)17(9)3)12-10(7)15-8(2)6-14-12/h5-6H,1-4H3. The Morgan fingerprint density at radius 2 is 1.89 bits per heavy atom. The van der Waals surface area contributed by atoms with Crippen LogP contribution in [0.3, 0.4) is 0 Å². The highest BCUT2D eigenvalue weighted by molar-refractivity contribution is 7.98. The Balaban J connectivity index is 2.53. The summed E-state index contributed by atoms with van der Waals surface area (Å²) in [5.74, 6) is 0. The number of rotatable bonds is 1. The van der Waals surface area contributed by atoms with E-state index in [1.807, 2.05) is 20.2 Å². The molecule has 0 saturated carbocycles. The minimum absolute atomic E-state index is 0.895. The number of hydrogen-bond acceptors (Lipinski definition) is 4. The monoisotopic (exact) mass is 258 g/mol. The number of hydrogen-bond donors (Lipinski definition) is 0. The molecule has 1 aromatic carbocycles. The van der Waals surface area contributed by atoms with Crippen molar-refractivity contribution in [1.29, 1.82) is 0 Å². The average molecular weight is 258 g/mol. The lowest BCUT2D eigenvalue weighted by Crippen LogP contribution is -1.93. The molecule has 3 rings (SSSR count). The van der Waals surface area contributed by atoms with Crippen molar-refractivity contribution in [3.05, 3.63) is 23.5 Å². The van der Waals surface area contributed by atoms with Crippen molar-refractivity contribution in [2.45, 2.75) is 19.0 Å². The summed E-state index contributed by atoms with van der Waals surface area (Å²) in [6.07, 6.45) is 3.83. The van der Waals surface area contributed by atoms with Crippen LogP contribution in [0.5, 0.6) is 0 Å². The zero-order chi connectivity index (χ0) is 12.9. The molecule has 0 radical (unpaired) electrons. The van der Waals surface area contributed by atoms with E-state index >= 15 is 0 Å². The second-order valence-corrected chi connectivity index (χ2v) is 5.20. The molecule has 18 heavy (non-hydrogen) atoms. The summed E-state index contributed by atoms with van der Waals surface area (Å²) in [6.45, 7) is 4.03. The molecule has 0 aliphatic heterocycles. The summed E-state index contributed by atoms with van der Waals surface area (Å²) in [7, 11) is 2.04. The van der Waals surface area contributed by atoms with Crippen LogP contribution >= 0.6 is 11.8 Å². The van der Waals surface area contributed by atoms with Gasteiger partial charge < -0.3 is 4.57 Å². The van der Waals surface area contributed by atoms with Crippen molar-refractivity contribution in [3.63, 3.8) is 0 Å². The summed E-state index contributed by atoms with van der Waals surface area (Å²) in [4.78, 5) is 13.7. The lowest BCUT2D eigenvalue weighted by atomic mass is 10.1. The van der Waals surface area contributed by atoms with Crippen LogP contribution in [0.2, 0.25) is 0 Å². The van der Waals surface area contributed by atoms with Gasteiger partial charge in [0.2, 0.25) is 0 Å². The van der Waals surface area contributed by atoms with Crippen molar-refractivity contribution in [1.82, 2.24) is 19.5 Å². The van der Waals surface area contributed by atoms with Crippen molar-refractivity contribution < 1.29 is 0 Å². The smallest absolute Gasteiger partial charge is 0.168 e. The first-order valence-electron chi connectivity index (χ1n) is 5.75. The molecule has 0 bridgehead atoms. The molecule has 0 N–H and O–H groups in total. The van der Waals surface area contributed by atoms with Gasteiger partial charge >= 0.3 is 0 Å². The summed E-state index contributed by atoms with van der Waals surface area (Å²) in [5, 5.41) is 0.999. The lowest BCUT2D eigenvalue weighted by Gasteiger charge is -2.04. The van der Waals surface area contributed by atoms with Gasteiger partial charge in [-0.25, -0.2) is 9.97 Å². The summed E-state index contributed by atoms with van der Waals surface area (Å²) in [5.41, 5.74) is 5.98. The lowest BCUT2D eigenvalue weighted by molar-refractivity contribution is 0.816.